The summed E-state index contributed by atoms with van der Waals surface area (Å²) >= 11 is 5.77. The van der Waals surface area contributed by atoms with E-state index in [1.165, 1.54) is 0 Å². The molecular formula is C13H17ClN2O3. The molecule has 6 heteroatoms. The number of amides is 1. The van der Waals surface area contributed by atoms with E-state index in [1.807, 2.05) is 0 Å². The second-order valence-electron chi connectivity index (χ2n) is 4.25. The molecule has 1 heterocycles. The van der Waals surface area contributed by atoms with Gasteiger partial charge in [-0.25, -0.2) is 0 Å². The summed E-state index contributed by atoms with van der Waals surface area (Å²) in [5.41, 5.74) is 0.730. The molecule has 104 valence electrons. The standard InChI is InChI=1S/C13H17ClN2O3/c14-10-1-3-11(4-2-10)16-13(17)8-15-7-12-9-18-5-6-19-12/h1-4,12,15H,5-9H2,(H,16,17). The Morgan fingerprint density at radius 1 is 1.32 bits per heavy atom. The maximum absolute atomic E-state index is 11.7. The average molecular weight is 285 g/mol. The third kappa shape index (κ3) is 5.16. The van der Waals surface area contributed by atoms with E-state index in [4.69, 9.17) is 21.1 Å². The zero-order valence-electron chi connectivity index (χ0n) is 10.5. The Hall–Kier alpha value is -1.14. The first-order chi connectivity index (χ1) is 9.24. The topological polar surface area (TPSA) is 59.6 Å². The second kappa shape index (κ2) is 7.45. The van der Waals surface area contributed by atoms with Crippen molar-refractivity contribution in [1.29, 1.82) is 0 Å². The molecule has 2 rings (SSSR count). The van der Waals surface area contributed by atoms with Gasteiger partial charge >= 0.3 is 0 Å². The number of carbonyl (C=O) groups is 1. The normalized spacial score (nSPS) is 19.1. The van der Waals surface area contributed by atoms with Crippen molar-refractivity contribution < 1.29 is 14.3 Å². The molecule has 1 amide bonds. The van der Waals surface area contributed by atoms with Crippen LogP contribution < -0.4 is 10.6 Å². The maximum Gasteiger partial charge on any atom is 0.238 e. The zero-order chi connectivity index (χ0) is 13.5. The van der Waals surface area contributed by atoms with Gasteiger partial charge in [0.05, 0.1) is 32.5 Å². The van der Waals surface area contributed by atoms with Crippen LogP contribution in [0.2, 0.25) is 5.02 Å². The molecule has 2 N–H and O–H groups in total. The highest BCUT2D eigenvalue weighted by Gasteiger charge is 2.14. The van der Waals surface area contributed by atoms with Crippen LogP contribution in [-0.4, -0.2) is 44.9 Å². The summed E-state index contributed by atoms with van der Waals surface area (Å²) in [6.07, 6.45) is 0.0251. The van der Waals surface area contributed by atoms with Crippen molar-refractivity contribution in [3.05, 3.63) is 29.3 Å². The number of hydrogen-bond donors (Lipinski definition) is 2. The maximum atomic E-state index is 11.7. The second-order valence-corrected chi connectivity index (χ2v) is 4.69. The van der Waals surface area contributed by atoms with Gasteiger partial charge in [0, 0.05) is 17.3 Å². The predicted octanol–water partition coefficient (Wildman–Crippen LogP) is 1.28. The lowest BCUT2D eigenvalue weighted by molar-refractivity contribution is -0.116. The average Bonchev–Trinajstić information content (AvgIpc) is 2.43. The number of halogens is 1. The molecule has 1 unspecified atom stereocenters. The van der Waals surface area contributed by atoms with E-state index in [2.05, 4.69) is 10.6 Å². The van der Waals surface area contributed by atoms with E-state index >= 15 is 0 Å². The van der Waals surface area contributed by atoms with Gasteiger partial charge in [-0.2, -0.15) is 0 Å². The number of rotatable bonds is 5. The molecule has 0 bridgehead atoms. The number of anilines is 1. The zero-order valence-corrected chi connectivity index (χ0v) is 11.3. The van der Waals surface area contributed by atoms with Gasteiger partial charge in [0.2, 0.25) is 5.91 Å². The monoisotopic (exact) mass is 284 g/mol. The SMILES string of the molecule is O=C(CNCC1COCCO1)Nc1ccc(Cl)cc1. The molecule has 1 fully saturated rings. The van der Waals surface area contributed by atoms with Crippen LogP contribution in [0.1, 0.15) is 0 Å². The van der Waals surface area contributed by atoms with Gasteiger partial charge in [-0.3, -0.25) is 4.79 Å². The molecule has 1 aromatic carbocycles. The van der Waals surface area contributed by atoms with E-state index in [0.29, 0.717) is 31.4 Å². The van der Waals surface area contributed by atoms with Gasteiger partial charge in [0.25, 0.3) is 0 Å². The number of carbonyl (C=O) groups excluding carboxylic acids is 1. The van der Waals surface area contributed by atoms with Crippen LogP contribution in [0.4, 0.5) is 5.69 Å². The van der Waals surface area contributed by atoms with Crippen molar-refractivity contribution in [2.45, 2.75) is 6.10 Å². The van der Waals surface area contributed by atoms with Crippen LogP contribution >= 0.6 is 11.6 Å². The highest BCUT2D eigenvalue weighted by atomic mass is 35.5. The Morgan fingerprint density at radius 3 is 2.79 bits per heavy atom. The number of ether oxygens (including phenoxy) is 2. The fourth-order valence-electron chi connectivity index (χ4n) is 1.74. The van der Waals surface area contributed by atoms with Crippen LogP contribution in [-0.2, 0) is 14.3 Å². The Morgan fingerprint density at radius 2 is 2.11 bits per heavy atom. The first-order valence-electron chi connectivity index (χ1n) is 6.19. The first kappa shape index (κ1) is 14.3. The Labute approximate surface area is 117 Å². The Kier molecular flexibility index (Phi) is 5.60. The van der Waals surface area contributed by atoms with Crippen molar-refractivity contribution in [1.82, 2.24) is 5.32 Å². The van der Waals surface area contributed by atoms with Gasteiger partial charge in [-0.15, -0.1) is 0 Å². The van der Waals surface area contributed by atoms with Gasteiger partial charge in [-0.1, -0.05) is 11.6 Å². The van der Waals surface area contributed by atoms with Crippen LogP contribution in [0.15, 0.2) is 24.3 Å². The predicted molar refractivity (Wildman–Crippen MR) is 73.5 cm³/mol. The largest absolute Gasteiger partial charge is 0.376 e. The van der Waals surface area contributed by atoms with Crippen LogP contribution in [0.3, 0.4) is 0 Å². The molecule has 0 radical (unpaired) electrons. The molecule has 1 aliphatic heterocycles. The third-order valence-corrected chi connectivity index (χ3v) is 2.92. The van der Waals surface area contributed by atoms with Crippen LogP contribution in [0.5, 0.6) is 0 Å². The van der Waals surface area contributed by atoms with Crippen molar-refractivity contribution in [3.63, 3.8) is 0 Å². The minimum absolute atomic E-state index is 0.0251. The fourth-order valence-corrected chi connectivity index (χ4v) is 1.87. The quantitative estimate of drug-likeness (QED) is 0.855. The highest BCUT2D eigenvalue weighted by molar-refractivity contribution is 6.30. The summed E-state index contributed by atoms with van der Waals surface area (Å²) in [7, 11) is 0. The third-order valence-electron chi connectivity index (χ3n) is 2.67. The highest BCUT2D eigenvalue weighted by Crippen LogP contribution is 2.12. The van der Waals surface area contributed by atoms with Crippen molar-refractivity contribution in [2.24, 2.45) is 0 Å². The van der Waals surface area contributed by atoms with Crippen LogP contribution in [0.25, 0.3) is 0 Å². The fraction of sp³-hybridized carbons (Fsp3) is 0.462. The lowest BCUT2D eigenvalue weighted by Crippen LogP contribution is -2.40. The lowest BCUT2D eigenvalue weighted by Gasteiger charge is -2.23. The number of hydrogen-bond acceptors (Lipinski definition) is 4. The summed E-state index contributed by atoms with van der Waals surface area (Å²) < 4.78 is 10.7. The van der Waals surface area contributed by atoms with E-state index in [9.17, 15) is 4.79 Å². The Balaban J connectivity index is 1.65. The number of nitrogens with one attached hydrogen (secondary N) is 2. The molecule has 0 saturated carbocycles. The van der Waals surface area contributed by atoms with Gasteiger partial charge in [0.15, 0.2) is 0 Å². The number of benzene rings is 1. The molecule has 0 aromatic heterocycles. The van der Waals surface area contributed by atoms with E-state index < -0.39 is 0 Å². The van der Waals surface area contributed by atoms with Gasteiger partial charge < -0.3 is 20.1 Å². The Bertz CT molecular complexity index is 405. The first-order valence-corrected chi connectivity index (χ1v) is 6.57. The van der Waals surface area contributed by atoms with Crippen molar-refractivity contribution in [3.8, 4) is 0 Å². The van der Waals surface area contributed by atoms with Crippen molar-refractivity contribution >= 4 is 23.2 Å². The summed E-state index contributed by atoms with van der Waals surface area (Å²) in [6, 6.07) is 6.99. The van der Waals surface area contributed by atoms with Gasteiger partial charge in [-0.05, 0) is 24.3 Å². The summed E-state index contributed by atoms with van der Waals surface area (Å²) in [5.74, 6) is -0.0981. The van der Waals surface area contributed by atoms with E-state index in [1.54, 1.807) is 24.3 Å². The minimum Gasteiger partial charge on any atom is -0.376 e. The van der Waals surface area contributed by atoms with Gasteiger partial charge in [0.1, 0.15) is 0 Å². The lowest BCUT2D eigenvalue weighted by atomic mass is 10.3. The molecular weight excluding hydrogens is 268 g/mol. The van der Waals surface area contributed by atoms with E-state index in [-0.39, 0.29) is 18.6 Å². The molecule has 5 nitrogen and oxygen atoms in total. The van der Waals surface area contributed by atoms with Crippen LogP contribution in [0, 0.1) is 0 Å². The smallest absolute Gasteiger partial charge is 0.238 e. The van der Waals surface area contributed by atoms with E-state index in [0.717, 1.165) is 5.69 Å². The molecule has 0 aliphatic carbocycles. The van der Waals surface area contributed by atoms with Crippen molar-refractivity contribution in [2.75, 3.05) is 38.2 Å². The molecule has 1 saturated heterocycles. The summed E-state index contributed by atoms with van der Waals surface area (Å²) in [5, 5.41) is 6.46. The molecule has 1 aliphatic rings. The summed E-state index contributed by atoms with van der Waals surface area (Å²) in [6.45, 7) is 2.68. The molecule has 1 aromatic rings. The molecule has 0 spiro atoms. The summed E-state index contributed by atoms with van der Waals surface area (Å²) in [4.78, 5) is 11.7. The minimum atomic E-state index is -0.0981. The molecule has 19 heavy (non-hydrogen) atoms. The molecule has 1 atom stereocenters.